The number of nitrogens with two attached hydrogens (primary N) is 1. The molecule has 102 valence electrons. The van der Waals surface area contributed by atoms with E-state index in [2.05, 4.69) is 41.8 Å². The molecule has 2 heterocycles. The molecule has 0 radical (unpaired) electrons. The third kappa shape index (κ3) is 2.53. The van der Waals surface area contributed by atoms with Gasteiger partial charge in [0.05, 0.1) is 0 Å². The van der Waals surface area contributed by atoms with E-state index in [4.69, 9.17) is 10.5 Å². The third-order valence-electron chi connectivity index (χ3n) is 4.09. The highest BCUT2D eigenvalue weighted by Crippen LogP contribution is 2.27. The Bertz CT molecular complexity index is 553. The van der Waals surface area contributed by atoms with E-state index in [-0.39, 0.29) is 6.04 Å². The van der Waals surface area contributed by atoms with Gasteiger partial charge in [0.15, 0.2) is 0 Å². The van der Waals surface area contributed by atoms with Gasteiger partial charge in [0.2, 0.25) is 0 Å². The molecule has 0 saturated carbocycles. The lowest BCUT2D eigenvalue weighted by molar-refractivity contribution is 0.0613. The van der Waals surface area contributed by atoms with Gasteiger partial charge < -0.3 is 15.0 Å². The molecule has 0 aliphatic carbocycles. The van der Waals surface area contributed by atoms with Crippen LogP contribution in [0.2, 0.25) is 0 Å². The van der Waals surface area contributed by atoms with Gasteiger partial charge in [-0.25, -0.2) is 0 Å². The number of para-hydroxylation sites is 1. The Kier molecular flexibility index (Phi) is 3.58. The first kappa shape index (κ1) is 12.7. The molecule has 1 atom stereocenters. The van der Waals surface area contributed by atoms with E-state index in [0.717, 1.165) is 32.6 Å². The summed E-state index contributed by atoms with van der Waals surface area (Å²) in [5.41, 5.74) is 8.69. The zero-order valence-corrected chi connectivity index (χ0v) is 11.5. The fourth-order valence-electron chi connectivity index (χ4n) is 3.00. The molecule has 1 saturated heterocycles. The van der Waals surface area contributed by atoms with Crippen molar-refractivity contribution in [3.63, 3.8) is 0 Å². The lowest BCUT2D eigenvalue weighted by atomic mass is 10.00. The van der Waals surface area contributed by atoms with Crippen LogP contribution in [0.15, 0.2) is 30.3 Å². The van der Waals surface area contributed by atoms with E-state index in [1.54, 1.807) is 0 Å². The molecule has 3 rings (SSSR count). The molecular weight excluding hydrogens is 236 g/mol. The van der Waals surface area contributed by atoms with Gasteiger partial charge in [-0.15, -0.1) is 0 Å². The maximum atomic E-state index is 6.14. The molecule has 1 aliphatic rings. The molecular formula is C16H22N2O. The number of hydrogen-bond acceptors (Lipinski definition) is 2. The van der Waals surface area contributed by atoms with Crippen LogP contribution in [0.3, 0.4) is 0 Å². The molecule has 19 heavy (non-hydrogen) atoms. The highest BCUT2D eigenvalue weighted by atomic mass is 16.5. The molecule has 1 aliphatic heterocycles. The Morgan fingerprint density at radius 3 is 2.79 bits per heavy atom. The summed E-state index contributed by atoms with van der Waals surface area (Å²) < 4.78 is 7.86. The standard InChI is InChI=1S/C16H22N2O/c1-12(17)16-10-14-4-2-3-5-15(14)18(16)11-13-6-8-19-9-7-13/h2-5,10,12-13H,6-9,11,17H2,1H3. The summed E-state index contributed by atoms with van der Waals surface area (Å²) in [5.74, 6) is 0.710. The van der Waals surface area contributed by atoms with Crippen molar-refractivity contribution < 1.29 is 4.74 Å². The van der Waals surface area contributed by atoms with Gasteiger partial charge in [-0.1, -0.05) is 18.2 Å². The summed E-state index contributed by atoms with van der Waals surface area (Å²) in [4.78, 5) is 0. The molecule has 3 nitrogen and oxygen atoms in total. The number of ether oxygens (including phenoxy) is 1. The van der Waals surface area contributed by atoms with Crippen LogP contribution in [0.5, 0.6) is 0 Å². The quantitative estimate of drug-likeness (QED) is 0.919. The maximum Gasteiger partial charge on any atom is 0.0483 e. The minimum Gasteiger partial charge on any atom is -0.381 e. The van der Waals surface area contributed by atoms with Gasteiger partial charge in [0, 0.05) is 37.0 Å². The Labute approximate surface area is 114 Å². The lowest BCUT2D eigenvalue weighted by Gasteiger charge is -2.24. The molecule has 2 N–H and O–H groups in total. The Balaban J connectivity index is 1.97. The van der Waals surface area contributed by atoms with Gasteiger partial charge in [-0.05, 0) is 43.2 Å². The van der Waals surface area contributed by atoms with Gasteiger partial charge >= 0.3 is 0 Å². The average Bonchev–Trinajstić information content (AvgIpc) is 2.79. The smallest absolute Gasteiger partial charge is 0.0483 e. The van der Waals surface area contributed by atoms with Gasteiger partial charge in [-0.2, -0.15) is 0 Å². The van der Waals surface area contributed by atoms with Crippen LogP contribution < -0.4 is 5.73 Å². The number of nitrogens with zero attached hydrogens (tertiary/aromatic N) is 1. The Hall–Kier alpha value is -1.32. The second kappa shape index (κ2) is 5.35. The van der Waals surface area contributed by atoms with Crippen LogP contribution >= 0.6 is 0 Å². The van der Waals surface area contributed by atoms with E-state index in [1.165, 1.54) is 16.6 Å². The van der Waals surface area contributed by atoms with Crippen molar-refractivity contribution in [1.29, 1.82) is 0 Å². The monoisotopic (exact) mass is 258 g/mol. The van der Waals surface area contributed by atoms with E-state index in [9.17, 15) is 0 Å². The van der Waals surface area contributed by atoms with Crippen LogP contribution in [-0.4, -0.2) is 17.8 Å². The Morgan fingerprint density at radius 2 is 2.05 bits per heavy atom. The number of rotatable bonds is 3. The van der Waals surface area contributed by atoms with Crippen molar-refractivity contribution in [1.82, 2.24) is 4.57 Å². The first-order valence-corrected chi connectivity index (χ1v) is 7.17. The van der Waals surface area contributed by atoms with Crippen LogP contribution in [0.1, 0.15) is 31.5 Å². The molecule has 0 bridgehead atoms. The van der Waals surface area contributed by atoms with Crippen LogP contribution in [-0.2, 0) is 11.3 Å². The van der Waals surface area contributed by atoms with Crippen molar-refractivity contribution in [2.24, 2.45) is 11.7 Å². The summed E-state index contributed by atoms with van der Waals surface area (Å²) >= 11 is 0. The van der Waals surface area contributed by atoms with E-state index < -0.39 is 0 Å². The van der Waals surface area contributed by atoms with E-state index in [0.29, 0.717) is 5.92 Å². The summed E-state index contributed by atoms with van der Waals surface area (Å²) in [6.45, 7) is 4.93. The van der Waals surface area contributed by atoms with Crippen molar-refractivity contribution in [3.8, 4) is 0 Å². The minimum atomic E-state index is 0.0761. The molecule has 3 heteroatoms. The molecule has 1 aromatic carbocycles. The number of hydrogen-bond donors (Lipinski definition) is 1. The van der Waals surface area contributed by atoms with Crippen LogP contribution in [0, 0.1) is 5.92 Å². The average molecular weight is 258 g/mol. The number of aromatic nitrogens is 1. The molecule has 2 aromatic rings. The normalized spacial score (nSPS) is 18.8. The fourth-order valence-corrected chi connectivity index (χ4v) is 3.00. The highest BCUT2D eigenvalue weighted by molar-refractivity contribution is 5.81. The summed E-state index contributed by atoms with van der Waals surface area (Å²) in [6.07, 6.45) is 2.32. The molecule has 1 aromatic heterocycles. The SMILES string of the molecule is CC(N)c1cc2ccccc2n1CC1CCOCC1. The van der Waals surface area contributed by atoms with Gasteiger partial charge in [0.1, 0.15) is 0 Å². The molecule has 1 unspecified atom stereocenters. The minimum absolute atomic E-state index is 0.0761. The second-order valence-electron chi connectivity index (χ2n) is 5.58. The van der Waals surface area contributed by atoms with Gasteiger partial charge in [0.25, 0.3) is 0 Å². The summed E-state index contributed by atoms with van der Waals surface area (Å²) in [7, 11) is 0. The van der Waals surface area contributed by atoms with Crippen molar-refractivity contribution in [2.45, 2.75) is 32.4 Å². The predicted molar refractivity (Wildman–Crippen MR) is 78.1 cm³/mol. The first-order valence-electron chi connectivity index (χ1n) is 7.17. The van der Waals surface area contributed by atoms with E-state index >= 15 is 0 Å². The second-order valence-corrected chi connectivity index (χ2v) is 5.58. The van der Waals surface area contributed by atoms with Crippen molar-refractivity contribution in [3.05, 3.63) is 36.0 Å². The largest absolute Gasteiger partial charge is 0.381 e. The molecule has 0 amide bonds. The number of fused-ring (bicyclic) bond motifs is 1. The summed E-state index contributed by atoms with van der Waals surface area (Å²) in [5, 5.41) is 1.29. The zero-order chi connectivity index (χ0) is 13.2. The van der Waals surface area contributed by atoms with E-state index in [1.807, 2.05) is 0 Å². The molecule has 1 fully saturated rings. The number of benzene rings is 1. The van der Waals surface area contributed by atoms with Crippen molar-refractivity contribution >= 4 is 10.9 Å². The van der Waals surface area contributed by atoms with Crippen LogP contribution in [0.4, 0.5) is 0 Å². The first-order chi connectivity index (χ1) is 9.25. The topological polar surface area (TPSA) is 40.2 Å². The van der Waals surface area contributed by atoms with Gasteiger partial charge in [-0.3, -0.25) is 0 Å². The predicted octanol–water partition coefficient (Wildman–Crippen LogP) is 3.09. The van der Waals surface area contributed by atoms with Crippen LogP contribution in [0.25, 0.3) is 10.9 Å². The fraction of sp³-hybridized carbons (Fsp3) is 0.500. The van der Waals surface area contributed by atoms with Crippen molar-refractivity contribution in [2.75, 3.05) is 13.2 Å². The zero-order valence-electron chi connectivity index (χ0n) is 11.5. The lowest BCUT2D eigenvalue weighted by Crippen LogP contribution is -2.22. The third-order valence-corrected chi connectivity index (χ3v) is 4.09. The molecule has 0 spiro atoms. The maximum absolute atomic E-state index is 6.14. The summed E-state index contributed by atoms with van der Waals surface area (Å²) in [6, 6.07) is 10.9. The Morgan fingerprint density at radius 1 is 1.32 bits per heavy atom. The highest BCUT2D eigenvalue weighted by Gasteiger charge is 2.18.